The van der Waals surface area contributed by atoms with Crippen LogP contribution in [0.1, 0.15) is 12.8 Å². The Hall–Kier alpha value is -2.39. The molecule has 0 aliphatic carbocycles. The molecule has 0 spiro atoms. The summed E-state index contributed by atoms with van der Waals surface area (Å²) in [6, 6.07) is 19.3. The Morgan fingerprint density at radius 1 is 0.917 bits per heavy atom. The third-order valence-corrected chi connectivity index (χ3v) is 4.68. The first-order valence-corrected chi connectivity index (χ1v) is 8.65. The van der Waals surface area contributed by atoms with Crippen LogP contribution >= 0.6 is 0 Å². The highest BCUT2D eigenvalue weighted by Crippen LogP contribution is 2.30. The molecular weight excluding hydrogens is 294 g/mol. The van der Waals surface area contributed by atoms with E-state index in [1.165, 1.54) is 34.5 Å². The van der Waals surface area contributed by atoms with Gasteiger partial charge in [-0.05, 0) is 51.7 Å². The third-order valence-electron chi connectivity index (χ3n) is 4.68. The molecule has 0 N–H and O–H groups in total. The Labute approximate surface area is 142 Å². The van der Waals surface area contributed by atoms with Crippen molar-refractivity contribution in [2.45, 2.75) is 19.4 Å². The third kappa shape index (κ3) is 2.65. The van der Waals surface area contributed by atoms with Crippen LogP contribution in [0.4, 0.5) is 0 Å². The first kappa shape index (κ1) is 15.2. The Morgan fingerprint density at radius 3 is 2.58 bits per heavy atom. The molecular formula is C21H23N3. The molecule has 24 heavy (non-hydrogen) atoms. The number of fused-ring (bicyclic) bond motifs is 4. The van der Waals surface area contributed by atoms with Gasteiger partial charge in [0.15, 0.2) is 0 Å². The molecule has 0 saturated carbocycles. The molecule has 0 fully saturated rings. The van der Waals surface area contributed by atoms with Crippen molar-refractivity contribution in [3.63, 3.8) is 0 Å². The van der Waals surface area contributed by atoms with Crippen LogP contribution in [0.25, 0.3) is 32.8 Å². The second kappa shape index (κ2) is 6.25. The summed E-state index contributed by atoms with van der Waals surface area (Å²) in [5, 5.41) is 3.77. The van der Waals surface area contributed by atoms with E-state index in [2.05, 4.69) is 78.2 Å². The van der Waals surface area contributed by atoms with Crippen LogP contribution in [0.3, 0.4) is 0 Å². The Balaban J connectivity index is 1.84. The first-order valence-electron chi connectivity index (χ1n) is 8.65. The normalized spacial score (nSPS) is 12.0. The van der Waals surface area contributed by atoms with Gasteiger partial charge >= 0.3 is 0 Å². The minimum atomic E-state index is 1.02. The van der Waals surface area contributed by atoms with Crippen molar-refractivity contribution in [2.75, 3.05) is 20.6 Å². The fourth-order valence-electron chi connectivity index (χ4n) is 3.48. The highest BCUT2D eigenvalue weighted by molar-refractivity contribution is 6.10. The smallest absolute Gasteiger partial charge is 0.141 e. The van der Waals surface area contributed by atoms with E-state index in [4.69, 9.17) is 4.98 Å². The highest BCUT2D eigenvalue weighted by Gasteiger charge is 2.12. The number of nitrogens with zero attached hydrogens (tertiary/aromatic N) is 3. The van der Waals surface area contributed by atoms with Crippen molar-refractivity contribution in [1.82, 2.24) is 14.5 Å². The van der Waals surface area contributed by atoms with Crippen molar-refractivity contribution < 1.29 is 0 Å². The number of rotatable bonds is 5. The number of para-hydroxylation sites is 2. The molecule has 0 saturated heterocycles. The fourth-order valence-corrected chi connectivity index (χ4v) is 3.48. The largest absolute Gasteiger partial charge is 0.325 e. The van der Waals surface area contributed by atoms with Crippen LogP contribution in [0.5, 0.6) is 0 Å². The molecule has 2 aromatic carbocycles. The van der Waals surface area contributed by atoms with Crippen LogP contribution in [0.15, 0.2) is 54.6 Å². The number of hydrogen-bond donors (Lipinski definition) is 0. The molecule has 4 aromatic rings. The predicted octanol–water partition coefficient (Wildman–Crippen LogP) is 4.68. The molecule has 4 rings (SSSR count). The maximum absolute atomic E-state index is 4.98. The second-order valence-corrected chi connectivity index (χ2v) is 6.73. The number of hydrogen-bond acceptors (Lipinski definition) is 2. The maximum atomic E-state index is 4.98. The molecule has 0 aliphatic rings. The van der Waals surface area contributed by atoms with E-state index >= 15 is 0 Å². The van der Waals surface area contributed by atoms with E-state index in [-0.39, 0.29) is 0 Å². The summed E-state index contributed by atoms with van der Waals surface area (Å²) in [7, 11) is 4.27. The summed E-state index contributed by atoms with van der Waals surface area (Å²) < 4.78 is 2.40. The van der Waals surface area contributed by atoms with Gasteiger partial charge in [0.2, 0.25) is 0 Å². The van der Waals surface area contributed by atoms with Crippen molar-refractivity contribution in [2.24, 2.45) is 0 Å². The quantitative estimate of drug-likeness (QED) is 0.498. The summed E-state index contributed by atoms with van der Waals surface area (Å²) in [5.74, 6) is 0. The average molecular weight is 317 g/mol. The van der Waals surface area contributed by atoms with Gasteiger partial charge < -0.3 is 9.47 Å². The van der Waals surface area contributed by atoms with Crippen molar-refractivity contribution in [3.05, 3.63) is 54.6 Å². The van der Waals surface area contributed by atoms with Gasteiger partial charge in [-0.15, -0.1) is 0 Å². The second-order valence-electron chi connectivity index (χ2n) is 6.73. The summed E-state index contributed by atoms with van der Waals surface area (Å²) in [4.78, 5) is 7.23. The zero-order valence-electron chi connectivity index (χ0n) is 14.4. The zero-order valence-corrected chi connectivity index (χ0v) is 14.4. The molecule has 2 aromatic heterocycles. The number of aryl methyl sites for hydroxylation is 1. The number of aromatic nitrogens is 2. The summed E-state index contributed by atoms with van der Waals surface area (Å²) in [6.45, 7) is 2.15. The van der Waals surface area contributed by atoms with Gasteiger partial charge in [0, 0.05) is 22.7 Å². The standard InChI is InChI=1S/C21H23N3/c1-23(2)13-7-8-14-24-20-12-6-4-10-17(20)18-15-16-9-3-5-11-19(16)22-21(18)24/h3-6,9-12,15H,7-8,13-14H2,1-2H3. The minimum absolute atomic E-state index is 1.02. The Morgan fingerprint density at radius 2 is 1.71 bits per heavy atom. The number of benzene rings is 2. The fraction of sp³-hybridized carbons (Fsp3) is 0.286. The van der Waals surface area contributed by atoms with Gasteiger partial charge in [-0.2, -0.15) is 0 Å². The van der Waals surface area contributed by atoms with E-state index in [9.17, 15) is 0 Å². The minimum Gasteiger partial charge on any atom is -0.325 e. The van der Waals surface area contributed by atoms with Gasteiger partial charge in [0.25, 0.3) is 0 Å². The van der Waals surface area contributed by atoms with Crippen LogP contribution in [0, 0.1) is 0 Å². The topological polar surface area (TPSA) is 21.1 Å². The van der Waals surface area contributed by atoms with Crippen LogP contribution in [-0.2, 0) is 6.54 Å². The summed E-state index contributed by atoms with van der Waals surface area (Å²) >= 11 is 0. The molecule has 122 valence electrons. The maximum Gasteiger partial charge on any atom is 0.141 e. The van der Waals surface area contributed by atoms with Crippen LogP contribution in [0.2, 0.25) is 0 Å². The van der Waals surface area contributed by atoms with Gasteiger partial charge in [0.1, 0.15) is 5.65 Å². The van der Waals surface area contributed by atoms with Gasteiger partial charge in [-0.25, -0.2) is 4.98 Å². The Kier molecular flexibility index (Phi) is 3.95. The Bertz CT molecular complexity index is 998. The van der Waals surface area contributed by atoms with E-state index in [0.717, 1.165) is 24.3 Å². The lowest BCUT2D eigenvalue weighted by atomic mass is 10.1. The van der Waals surface area contributed by atoms with E-state index in [1.807, 2.05) is 0 Å². The van der Waals surface area contributed by atoms with Crippen molar-refractivity contribution in [3.8, 4) is 0 Å². The molecule has 2 heterocycles. The molecule has 0 radical (unpaired) electrons. The lowest BCUT2D eigenvalue weighted by Gasteiger charge is -2.10. The molecule has 0 aliphatic heterocycles. The van der Waals surface area contributed by atoms with Gasteiger partial charge in [-0.1, -0.05) is 36.4 Å². The number of pyridine rings is 1. The molecule has 3 nitrogen and oxygen atoms in total. The van der Waals surface area contributed by atoms with Gasteiger partial charge in [0.05, 0.1) is 11.0 Å². The predicted molar refractivity (Wildman–Crippen MR) is 103 cm³/mol. The molecule has 0 amide bonds. The van der Waals surface area contributed by atoms with E-state index < -0.39 is 0 Å². The summed E-state index contributed by atoms with van der Waals surface area (Å²) in [5.41, 5.74) is 3.47. The van der Waals surface area contributed by atoms with E-state index in [0.29, 0.717) is 0 Å². The summed E-state index contributed by atoms with van der Waals surface area (Å²) in [6.07, 6.45) is 2.37. The average Bonchev–Trinajstić information content (AvgIpc) is 2.90. The molecule has 3 heteroatoms. The van der Waals surface area contributed by atoms with Crippen LogP contribution in [-0.4, -0.2) is 35.1 Å². The molecule has 0 atom stereocenters. The first-order chi connectivity index (χ1) is 11.7. The van der Waals surface area contributed by atoms with Crippen molar-refractivity contribution >= 4 is 32.8 Å². The van der Waals surface area contributed by atoms with Crippen molar-refractivity contribution in [1.29, 1.82) is 0 Å². The van der Waals surface area contributed by atoms with Gasteiger partial charge in [-0.3, -0.25) is 0 Å². The highest BCUT2D eigenvalue weighted by atomic mass is 15.1. The molecule has 0 bridgehead atoms. The SMILES string of the molecule is CN(C)CCCCn1c2ccccc2c2cc3ccccc3nc21. The van der Waals surface area contributed by atoms with Crippen LogP contribution < -0.4 is 0 Å². The monoisotopic (exact) mass is 317 g/mol. The number of unbranched alkanes of at least 4 members (excludes halogenated alkanes) is 1. The zero-order chi connectivity index (χ0) is 16.5. The lowest BCUT2D eigenvalue weighted by molar-refractivity contribution is 0.389. The van der Waals surface area contributed by atoms with E-state index in [1.54, 1.807) is 0 Å². The lowest BCUT2D eigenvalue weighted by Crippen LogP contribution is -2.13. The molecule has 0 unspecified atom stereocenters.